The Morgan fingerprint density at radius 1 is 1.00 bits per heavy atom. The number of hydrogen-bond donors (Lipinski definition) is 1. The molecule has 0 radical (unpaired) electrons. The van der Waals surface area contributed by atoms with Crippen LogP contribution in [-0.4, -0.2) is 21.5 Å². The molecule has 1 aromatic heterocycles. The van der Waals surface area contributed by atoms with E-state index in [9.17, 15) is 26.4 Å². The van der Waals surface area contributed by atoms with Crippen molar-refractivity contribution in [3.63, 3.8) is 0 Å². The summed E-state index contributed by atoms with van der Waals surface area (Å²) in [6.07, 6.45) is -4.71. The number of methoxy groups -OCH3 is 1. The average Bonchev–Trinajstić information content (AvgIpc) is 3.21. The minimum absolute atomic E-state index is 0.0698. The third kappa shape index (κ3) is 4.78. The van der Waals surface area contributed by atoms with E-state index in [0.29, 0.717) is 11.6 Å². The van der Waals surface area contributed by atoms with E-state index in [0.717, 1.165) is 34.2 Å². The number of esters is 1. The van der Waals surface area contributed by atoms with Crippen molar-refractivity contribution in [2.75, 3.05) is 11.8 Å². The van der Waals surface area contributed by atoms with E-state index >= 15 is 0 Å². The summed E-state index contributed by atoms with van der Waals surface area (Å²) in [5, 5.41) is 1.00. The van der Waals surface area contributed by atoms with Crippen molar-refractivity contribution in [3.8, 4) is 10.4 Å². The van der Waals surface area contributed by atoms with Crippen LogP contribution in [0, 0.1) is 6.92 Å². The van der Waals surface area contributed by atoms with E-state index < -0.39 is 32.6 Å². The number of hydrogen-bond acceptors (Lipinski definition) is 5. The van der Waals surface area contributed by atoms with Crippen molar-refractivity contribution in [1.82, 2.24) is 0 Å². The normalized spacial score (nSPS) is 12.0. The van der Waals surface area contributed by atoms with Gasteiger partial charge in [0.1, 0.15) is 0 Å². The summed E-state index contributed by atoms with van der Waals surface area (Å²) in [7, 11) is -3.31. The second-order valence-corrected chi connectivity index (χ2v) is 10.3. The summed E-state index contributed by atoms with van der Waals surface area (Å²) in [6, 6.07) is 16.7. The van der Waals surface area contributed by atoms with Crippen molar-refractivity contribution in [1.29, 1.82) is 0 Å². The van der Waals surface area contributed by atoms with E-state index in [1.807, 2.05) is 30.3 Å². The van der Waals surface area contributed by atoms with Gasteiger partial charge >= 0.3 is 12.1 Å². The smallest absolute Gasteiger partial charge is 0.416 e. The number of benzene rings is 3. The van der Waals surface area contributed by atoms with Gasteiger partial charge in [-0.05, 0) is 65.9 Å². The second-order valence-electron chi connectivity index (χ2n) is 7.54. The van der Waals surface area contributed by atoms with Crippen LogP contribution in [0.2, 0.25) is 0 Å². The van der Waals surface area contributed by atoms with Gasteiger partial charge in [-0.1, -0.05) is 24.3 Å². The van der Waals surface area contributed by atoms with Gasteiger partial charge in [0.05, 0.1) is 28.8 Å². The van der Waals surface area contributed by atoms with Crippen molar-refractivity contribution in [3.05, 3.63) is 83.4 Å². The molecular weight excluding hydrogens is 487 g/mol. The monoisotopic (exact) mass is 505 g/mol. The fourth-order valence-electron chi connectivity index (χ4n) is 3.46. The molecule has 0 fully saturated rings. The number of fused-ring (bicyclic) bond motifs is 1. The molecule has 10 heteroatoms. The van der Waals surface area contributed by atoms with Gasteiger partial charge < -0.3 is 4.74 Å². The van der Waals surface area contributed by atoms with Crippen LogP contribution in [0.5, 0.6) is 0 Å². The number of anilines is 1. The number of rotatable bonds is 5. The number of aryl methyl sites for hydroxylation is 1. The fraction of sp³-hybridized carbons (Fsp3) is 0.125. The lowest BCUT2D eigenvalue weighted by atomic mass is 10.1. The summed E-state index contributed by atoms with van der Waals surface area (Å²) in [6.45, 7) is 1.37. The van der Waals surface area contributed by atoms with Crippen molar-refractivity contribution < 1.29 is 31.1 Å². The Morgan fingerprint density at radius 3 is 2.41 bits per heavy atom. The number of sulfonamides is 1. The van der Waals surface area contributed by atoms with Crippen molar-refractivity contribution >= 4 is 43.1 Å². The summed E-state index contributed by atoms with van der Waals surface area (Å²) < 4.78 is 73.9. The highest BCUT2D eigenvalue weighted by atomic mass is 32.2. The lowest BCUT2D eigenvalue weighted by molar-refractivity contribution is -0.137. The van der Waals surface area contributed by atoms with Crippen LogP contribution < -0.4 is 4.72 Å². The highest BCUT2D eigenvalue weighted by molar-refractivity contribution is 7.92. The molecule has 0 saturated heterocycles. The average molecular weight is 506 g/mol. The molecule has 34 heavy (non-hydrogen) atoms. The van der Waals surface area contributed by atoms with Gasteiger partial charge in [0.2, 0.25) is 0 Å². The highest BCUT2D eigenvalue weighted by Gasteiger charge is 2.32. The Bertz CT molecular complexity index is 1480. The number of alkyl halides is 3. The van der Waals surface area contributed by atoms with Crippen LogP contribution in [0.1, 0.15) is 21.5 Å². The van der Waals surface area contributed by atoms with E-state index in [1.165, 1.54) is 30.4 Å². The van der Waals surface area contributed by atoms with E-state index in [-0.39, 0.29) is 16.8 Å². The summed E-state index contributed by atoms with van der Waals surface area (Å²) in [4.78, 5) is 12.5. The van der Waals surface area contributed by atoms with Crippen molar-refractivity contribution in [2.45, 2.75) is 18.0 Å². The Morgan fingerprint density at radius 2 is 1.74 bits per heavy atom. The third-order valence-corrected chi connectivity index (χ3v) is 7.58. The second kappa shape index (κ2) is 8.77. The molecule has 5 nitrogen and oxygen atoms in total. The Hall–Kier alpha value is -3.37. The molecule has 4 rings (SSSR count). The number of nitrogens with one attached hydrogen (secondary N) is 1. The van der Waals surface area contributed by atoms with Gasteiger partial charge in [0.25, 0.3) is 10.0 Å². The lowest BCUT2D eigenvalue weighted by Crippen LogP contribution is -2.17. The zero-order valence-corrected chi connectivity index (χ0v) is 19.6. The van der Waals surface area contributed by atoms with Crippen LogP contribution in [-0.2, 0) is 20.9 Å². The molecule has 0 aliphatic rings. The van der Waals surface area contributed by atoms with E-state index in [2.05, 4.69) is 4.72 Å². The topological polar surface area (TPSA) is 72.5 Å². The quantitative estimate of drug-likeness (QED) is 0.315. The minimum atomic E-state index is -4.71. The predicted molar refractivity (Wildman–Crippen MR) is 126 cm³/mol. The molecule has 0 amide bonds. The van der Waals surface area contributed by atoms with Gasteiger partial charge in [-0.15, -0.1) is 11.3 Å². The van der Waals surface area contributed by atoms with Crippen LogP contribution in [0.4, 0.5) is 18.9 Å². The van der Waals surface area contributed by atoms with Crippen LogP contribution in [0.3, 0.4) is 0 Å². The molecule has 0 atom stereocenters. The molecule has 0 aliphatic carbocycles. The van der Waals surface area contributed by atoms with E-state index in [4.69, 9.17) is 4.74 Å². The molecular formula is C24H18F3NO4S2. The number of carbonyl (C=O) groups excluding carboxylic acids is 1. The minimum Gasteiger partial charge on any atom is -0.465 e. The molecule has 3 aromatic carbocycles. The first-order valence-corrected chi connectivity index (χ1v) is 12.2. The maximum Gasteiger partial charge on any atom is 0.416 e. The number of carbonyl (C=O) groups is 1. The fourth-order valence-corrected chi connectivity index (χ4v) is 5.72. The van der Waals surface area contributed by atoms with Gasteiger partial charge in [-0.25, -0.2) is 13.2 Å². The molecule has 0 spiro atoms. The van der Waals surface area contributed by atoms with Crippen LogP contribution in [0.15, 0.2) is 71.6 Å². The summed E-state index contributed by atoms with van der Waals surface area (Å²) in [5.74, 6) is -0.791. The molecule has 0 aliphatic heterocycles. The predicted octanol–water partition coefficient (Wildman–Crippen LogP) is 6.48. The van der Waals surface area contributed by atoms with Crippen molar-refractivity contribution in [2.24, 2.45) is 0 Å². The van der Waals surface area contributed by atoms with Gasteiger partial charge in [-0.2, -0.15) is 13.2 Å². The Labute approximate surface area is 197 Å². The Balaban J connectivity index is 1.80. The SMILES string of the molecule is COC(=O)c1ccc(-c2cc3ccccc3s2)cc1NS(=O)(=O)c1cc(C)cc(C(F)(F)F)c1. The molecule has 0 saturated carbocycles. The maximum absolute atomic E-state index is 13.2. The Kier molecular flexibility index (Phi) is 6.13. The first kappa shape index (κ1) is 23.8. The lowest BCUT2D eigenvalue weighted by Gasteiger charge is -2.15. The molecule has 1 heterocycles. The van der Waals surface area contributed by atoms with Crippen LogP contribution in [0.25, 0.3) is 20.5 Å². The van der Waals surface area contributed by atoms with Gasteiger partial charge in [-0.3, -0.25) is 4.72 Å². The largest absolute Gasteiger partial charge is 0.465 e. The molecule has 0 bridgehead atoms. The molecule has 176 valence electrons. The maximum atomic E-state index is 13.2. The number of ether oxygens (including phenoxy) is 1. The third-order valence-electron chi connectivity index (χ3n) is 5.07. The summed E-state index contributed by atoms with van der Waals surface area (Å²) in [5.41, 5.74) is -0.495. The molecule has 1 N–H and O–H groups in total. The van der Waals surface area contributed by atoms with E-state index in [1.54, 1.807) is 6.07 Å². The van der Waals surface area contributed by atoms with Gasteiger partial charge in [0, 0.05) is 9.58 Å². The summed E-state index contributed by atoms with van der Waals surface area (Å²) >= 11 is 1.48. The van der Waals surface area contributed by atoms with Crippen LogP contribution >= 0.6 is 11.3 Å². The molecule has 4 aromatic rings. The number of thiophene rings is 1. The first-order chi connectivity index (χ1) is 16.0. The number of halogens is 3. The first-order valence-electron chi connectivity index (χ1n) is 9.91. The zero-order valence-electron chi connectivity index (χ0n) is 17.9. The highest BCUT2D eigenvalue weighted by Crippen LogP contribution is 2.36. The standard InChI is InChI=1S/C24H18F3NO4S2/c1-14-9-17(24(25,26)27)13-18(10-14)34(30,31)28-20-11-16(7-8-19(20)23(29)32-2)22-12-15-5-3-4-6-21(15)33-22/h3-13,28H,1-2H3. The molecule has 0 unspecified atom stereocenters. The zero-order chi connectivity index (χ0) is 24.7. The van der Waals surface area contributed by atoms with Gasteiger partial charge in [0.15, 0.2) is 0 Å².